The van der Waals surface area contributed by atoms with E-state index < -0.39 is 17.7 Å². The molecule has 0 saturated heterocycles. The SMILES string of the molecule is CCCOc1ccc(C(N)c2cccc(F)c2F)cc1Br. The number of nitrogens with two attached hydrogens (primary N) is 1. The van der Waals surface area contributed by atoms with Gasteiger partial charge in [-0.1, -0.05) is 25.1 Å². The van der Waals surface area contributed by atoms with Crippen molar-refractivity contribution in [3.63, 3.8) is 0 Å². The van der Waals surface area contributed by atoms with Crippen molar-refractivity contribution < 1.29 is 13.5 Å². The lowest BCUT2D eigenvalue weighted by molar-refractivity contribution is 0.315. The number of hydrogen-bond acceptors (Lipinski definition) is 2. The van der Waals surface area contributed by atoms with E-state index in [4.69, 9.17) is 10.5 Å². The molecule has 0 aromatic heterocycles. The van der Waals surface area contributed by atoms with Crippen LogP contribution in [0.15, 0.2) is 40.9 Å². The Morgan fingerprint density at radius 2 is 2.00 bits per heavy atom. The highest BCUT2D eigenvalue weighted by Gasteiger charge is 2.17. The first-order chi connectivity index (χ1) is 10.0. The van der Waals surface area contributed by atoms with Gasteiger partial charge in [0.15, 0.2) is 11.6 Å². The average Bonchev–Trinajstić information content (AvgIpc) is 2.48. The topological polar surface area (TPSA) is 35.2 Å². The van der Waals surface area contributed by atoms with E-state index in [0.29, 0.717) is 17.9 Å². The molecule has 2 aromatic rings. The lowest BCUT2D eigenvalue weighted by Crippen LogP contribution is -2.14. The highest BCUT2D eigenvalue weighted by atomic mass is 79.9. The van der Waals surface area contributed by atoms with Gasteiger partial charge in [-0.15, -0.1) is 0 Å². The zero-order valence-corrected chi connectivity index (χ0v) is 13.2. The molecule has 1 atom stereocenters. The number of rotatable bonds is 5. The fraction of sp³-hybridized carbons (Fsp3) is 0.250. The van der Waals surface area contributed by atoms with E-state index in [2.05, 4.69) is 15.9 Å². The molecule has 0 amide bonds. The Hall–Kier alpha value is -1.46. The van der Waals surface area contributed by atoms with E-state index in [1.165, 1.54) is 12.1 Å². The van der Waals surface area contributed by atoms with Crippen LogP contribution in [0.5, 0.6) is 5.75 Å². The molecule has 2 rings (SSSR count). The Bertz CT molecular complexity index is 634. The largest absolute Gasteiger partial charge is 0.492 e. The molecule has 5 heteroatoms. The molecule has 0 aliphatic carbocycles. The standard InChI is InChI=1S/C16H16BrF2NO/c1-2-8-21-14-7-6-10(9-12(14)17)16(20)11-4-3-5-13(18)15(11)19/h3-7,9,16H,2,8,20H2,1H3. The minimum absolute atomic E-state index is 0.129. The molecule has 2 N–H and O–H groups in total. The highest BCUT2D eigenvalue weighted by Crippen LogP contribution is 2.31. The van der Waals surface area contributed by atoms with Crippen LogP contribution >= 0.6 is 15.9 Å². The summed E-state index contributed by atoms with van der Waals surface area (Å²) in [5.41, 5.74) is 6.84. The fourth-order valence-electron chi connectivity index (χ4n) is 1.98. The van der Waals surface area contributed by atoms with E-state index >= 15 is 0 Å². The molecule has 2 aromatic carbocycles. The summed E-state index contributed by atoms with van der Waals surface area (Å²) >= 11 is 3.40. The maximum atomic E-state index is 13.8. The van der Waals surface area contributed by atoms with Crippen LogP contribution < -0.4 is 10.5 Å². The van der Waals surface area contributed by atoms with Crippen LogP contribution in [0.25, 0.3) is 0 Å². The molecule has 0 bridgehead atoms. The van der Waals surface area contributed by atoms with Gasteiger partial charge < -0.3 is 10.5 Å². The molecule has 0 radical (unpaired) electrons. The lowest BCUT2D eigenvalue weighted by atomic mass is 9.99. The summed E-state index contributed by atoms with van der Waals surface area (Å²) in [6.45, 7) is 2.63. The van der Waals surface area contributed by atoms with Gasteiger partial charge in [-0.3, -0.25) is 0 Å². The molecule has 0 heterocycles. The predicted molar refractivity (Wildman–Crippen MR) is 82.3 cm³/mol. The Labute approximate surface area is 131 Å². The van der Waals surface area contributed by atoms with Crippen molar-refractivity contribution in [2.75, 3.05) is 6.61 Å². The van der Waals surface area contributed by atoms with Crippen molar-refractivity contribution in [1.82, 2.24) is 0 Å². The summed E-state index contributed by atoms with van der Waals surface area (Å²) in [6.07, 6.45) is 0.905. The van der Waals surface area contributed by atoms with Gasteiger partial charge in [0, 0.05) is 5.56 Å². The second-order valence-corrected chi connectivity index (χ2v) is 5.51. The lowest BCUT2D eigenvalue weighted by Gasteiger charge is -2.15. The summed E-state index contributed by atoms with van der Waals surface area (Å²) in [5.74, 6) is -1.11. The van der Waals surface area contributed by atoms with Crippen LogP contribution in [0.3, 0.4) is 0 Å². The van der Waals surface area contributed by atoms with Crippen LogP contribution in [0, 0.1) is 11.6 Å². The van der Waals surface area contributed by atoms with Crippen LogP contribution in [0.2, 0.25) is 0 Å². The van der Waals surface area contributed by atoms with Crippen LogP contribution in [0.4, 0.5) is 8.78 Å². The van der Waals surface area contributed by atoms with Gasteiger partial charge >= 0.3 is 0 Å². The van der Waals surface area contributed by atoms with Crippen molar-refractivity contribution in [2.24, 2.45) is 5.73 Å². The van der Waals surface area contributed by atoms with Gasteiger partial charge in [0.25, 0.3) is 0 Å². The fourth-order valence-corrected chi connectivity index (χ4v) is 2.49. The zero-order chi connectivity index (χ0) is 15.4. The summed E-state index contributed by atoms with van der Waals surface area (Å²) in [7, 11) is 0. The molecule has 2 nitrogen and oxygen atoms in total. The number of benzene rings is 2. The Kier molecular flexibility index (Phi) is 5.31. The third-order valence-electron chi connectivity index (χ3n) is 3.09. The number of ether oxygens (including phenoxy) is 1. The normalized spacial score (nSPS) is 12.2. The highest BCUT2D eigenvalue weighted by molar-refractivity contribution is 9.10. The minimum Gasteiger partial charge on any atom is -0.492 e. The third-order valence-corrected chi connectivity index (χ3v) is 3.71. The van der Waals surface area contributed by atoms with E-state index in [-0.39, 0.29) is 5.56 Å². The second kappa shape index (κ2) is 7.00. The summed E-state index contributed by atoms with van der Waals surface area (Å²) in [5, 5.41) is 0. The van der Waals surface area contributed by atoms with Crippen LogP contribution in [-0.4, -0.2) is 6.61 Å². The average molecular weight is 356 g/mol. The van der Waals surface area contributed by atoms with Gasteiger partial charge in [-0.05, 0) is 46.1 Å². The molecule has 0 aliphatic heterocycles. The quantitative estimate of drug-likeness (QED) is 0.852. The van der Waals surface area contributed by atoms with Gasteiger partial charge in [0.2, 0.25) is 0 Å². The van der Waals surface area contributed by atoms with Gasteiger partial charge in [-0.2, -0.15) is 0 Å². The first-order valence-electron chi connectivity index (χ1n) is 6.66. The Morgan fingerprint density at radius 3 is 2.67 bits per heavy atom. The molecular weight excluding hydrogens is 340 g/mol. The Morgan fingerprint density at radius 1 is 1.24 bits per heavy atom. The van der Waals surface area contributed by atoms with E-state index in [1.807, 2.05) is 6.92 Å². The van der Waals surface area contributed by atoms with Crippen molar-refractivity contribution >= 4 is 15.9 Å². The molecule has 21 heavy (non-hydrogen) atoms. The van der Waals surface area contributed by atoms with E-state index in [1.54, 1.807) is 18.2 Å². The molecule has 0 saturated carbocycles. The van der Waals surface area contributed by atoms with Gasteiger partial charge in [0.1, 0.15) is 5.75 Å². The second-order valence-electron chi connectivity index (χ2n) is 4.66. The van der Waals surface area contributed by atoms with Crippen molar-refractivity contribution in [1.29, 1.82) is 0 Å². The number of hydrogen-bond donors (Lipinski definition) is 1. The van der Waals surface area contributed by atoms with Crippen molar-refractivity contribution in [3.8, 4) is 5.75 Å². The maximum absolute atomic E-state index is 13.8. The molecule has 0 spiro atoms. The first-order valence-corrected chi connectivity index (χ1v) is 7.45. The molecule has 1 unspecified atom stereocenters. The first kappa shape index (κ1) is 15.9. The van der Waals surface area contributed by atoms with Gasteiger partial charge in [-0.25, -0.2) is 8.78 Å². The molecular formula is C16H16BrF2NO. The summed E-state index contributed by atoms with van der Waals surface area (Å²) in [4.78, 5) is 0. The van der Waals surface area contributed by atoms with Crippen molar-refractivity contribution in [3.05, 3.63) is 63.6 Å². The Balaban J connectivity index is 2.29. The van der Waals surface area contributed by atoms with E-state index in [0.717, 1.165) is 17.0 Å². The van der Waals surface area contributed by atoms with Crippen LogP contribution in [-0.2, 0) is 0 Å². The minimum atomic E-state index is -0.910. The van der Waals surface area contributed by atoms with E-state index in [9.17, 15) is 8.78 Å². The summed E-state index contributed by atoms with van der Waals surface area (Å²) in [6, 6.07) is 8.55. The molecule has 0 fully saturated rings. The third kappa shape index (κ3) is 3.60. The number of halogens is 3. The molecule has 112 valence electrons. The maximum Gasteiger partial charge on any atom is 0.163 e. The zero-order valence-electron chi connectivity index (χ0n) is 11.6. The monoisotopic (exact) mass is 355 g/mol. The smallest absolute Gasteiger partial charge is 0.163 e. The molecule has 0 aliphatic rings. The predicted octanol–water partition coefficient (Wildman–Crippen LogP) is 4.56. The van der Waals surface area contributed by atoms with Crippen molar-refractivity contribution in [2.45, 2.75) is 19.4 Å². The van der Waals surface area contributed by atoms with Crippen LogP contribution in [0.1, 0.15) is 30.5 Å². The summed E-state index contributed by atoms with van der Waals surface area (Å²) < 4.78 is 33.4. The van der Waals surface area contributed by atoms with Gasteiger partial charge in [0.05, 0.1) is 17.1 Å².